The fourth-order valence-corrected chi connectivity index (χ4v) is 1.78. The van der Waals surface area contributed by atoms with Crippen LogP contribution in [0.2, 0.25) is 0 Å². The van der Waals surface area contributed by atoms with Gasteiger partial charge in [0, 0.05) is 0 Å². The molecule has 2 aromatic rings. The monoisotopic (exact) mass is 344 g/mol. The van der Waals surface area contributed by atoms with Gasteiger partial charge in [0.1, 0.15) is 0 Å². The summed E-state index contributed by atoms with van der Waals surface area (Å²) in [6.07, 6.45) is 0. The van der Waals surface area contributed by atoms with Crippen LogP contribution in [-0.2, 0) is 0 Å². The van der Waals surface area contributed by atoms with Crippen molar-refractivity contribution in [1.82, 2.24) is 5.43 Å². The summed E-state index contributed by atoms with van der Waals surface area (Å²) in [6.45, 7) is 0. The van der Waals surface area contributed by atoms with Crippen molar-refractivity contribution in [3.05, 3.63) is 59.7 Å². The van der Waals surface area contributed by atoms with Crippen LogP contribution in [0, 0.1) is 0 Å². The zero-order valence-electron chi connectivity index (χ0n) is 12.1. The predicted molar refractivity (Wildman–Crippen MR) is 90.7 cm³/mol. The van der Waals surface area contributed by atoms with Crippen LogP contribution in [0.15, 0.2) is 58.8 Å². The van der Waals surface area contributed by atoms with Gasteiger partial charge in [0.25, 0.3) is 0 Å². The van der Waals surface area contributed by atoms with Gasteiger partial charge in [0.15, 0.2) is 0 Å². The summed E-state index contributed by atoms with van der Waals surface area (Å²) < 4.78 is 0. The number of azo groups is 1. The van der Waals surface area contributed by atoms with Crippen LogP contribution >= 0.6 is 12.2 Å². The van der Waals surface area contributed by atoms with Crippen molar-refractivity contribution in [3.8, 4) is 0 Å². The van der Waals surface area contributed by atoms with Gasteiger partial charge < -0.3 is 10.2 Å². The number of carboxylic acids is 2. The smallest absolute Gasteiger partial charge is 0.335 e. The molecule has 0 aromatic heterocycles. The van der Waals surface area contributed by atoms with E-state index in [9.17, 15) is 9.59 Å². The maximum atomic E-state index is 10.9. The van der Waals surface area contributed by atoms with Gasteiger partial charge in [-0.05, 0) is 48.6 Å². The normalized spacial score (nSPS) is 10.3. The van der Waals surface area contributed by atoms with E-state index in [4.69, 9.17) is 22.4 Å². The number of aromatic carboxylic acids is 2. The highest BCUT2D eigenvalue weighted by Gasteiger charge is 2.04. The Hall–Kier alpha value is -3.33. The van der Waals surface area contributed by atoms with E-state index in [2.05, 4.69) is 21.1 Å². The second-order valence-electron chi connectivity index (χ2n) is 4.50. The van der Waals surface area contributed by atoms with Gasteiger partial charge in [0.2, 0.25) is 5.11 Å². The van der Waals surface area contributed by atoms with Crippen LogP contribution < -0.4 is 10.9 Å². The van der Waals surface area contributed by atoms with E-state index >= 15 is 0 Å². The molecule has 0 amide bonds. The number of hydrazine groups is 1. The lowest BCUT2D eigenvalue weighted by Crippen LogP contribution is -2.26. The highest BCUT2D eigenvalue weighted by atomic mass is 32.1. The SMILES string of the molecule is O=C(O)c1cccc(N=NC(=S)NNc2cccc(C(=O)O)c2)c1. The Morgan fingerprint density at radius 2 is 1.58 bits per heavy atom. The fraction of sp³-hybridized carbons (Fsp3) is 0. The van der Waals surface area contributed by atoms with Crippen molar-refractivity contribution in [1.29, 1.82) is 0 Å². The number of carboxylic acid groups (broad SMARTS) is 2. The molecule has 2 rings (SSSR count). The topological polar surface area (TPSA) is 123 Å². The molecule has 122 valence electrons. The number of hydrogen-bond acceptors (Lipinski definition) is 5. The van der Waals surface area contributed by atoms with E-state index in [-0.39, 0.29) is 16.2 Å². The molecule has 0 saturated heterocycles. The number of benzene rings is 2. The zero-order chi connectivity index (χ0) is 17.5. The van der Waals surface area contributed by atoms with Crippen molar-refractivity contribution >= 4 is 40.6 Å². The first-order chi connectivity index (χ1) is 11.5. The van der Waals surface area contributed by atoms with Crippen molar-refractivity contribution in [2.24, 2.45) is 10.2 Å². The summed E-state index contributed by atoms with van der Waals surface area (Å²) in [7, 11) is 0. The third-order valence-corrected chi connectivity index (χ3v) is 2.96. The van der Waals surface area contributed by atoms with Crippen molar-refractivity contribution in [2.75, 3.05) is 5.43 Å². The lowest BCUT2D eigenvalue weighted by atomic mass is 10.2. The number of rotatable bonds is 5. The fourth-order valence-electron chi connectivity index (χ4n) is 1.68. The van der Waals surface area contributed by atoms with Gasteiger partial charge in [-0.15, -0.1) is 10.2 Å². The highest BCUT2D eigenvalue weighted by Crippen LogP contribution is 2.14. The molecule has 0 spiro atoms. The second kappa shape index (κ2) is 7.79. The van der Waals surface area contributed by atoms with Gasteiger partial charge in [-0.2, -0.15) is 0 Å². The van der Waals surface area contributed by atoms with Gasteiger partial charge >= 0.3 is 11.9 Å². The van der Waals surface area contributed by atoms with E-state index in [1.807, 2.05) is 0 Å². The number of nitrogens with one attached hydrogen (secondary N) is 2. The molecule has 0 fully saturated rings. The largest absolute Gasteiger partial charge is 0.478 e. The molecular formula is C15H12N4O4S. The summed E-state index contributed by atoms with van der Waals surface area (Å²) >= 11 is 4.95. The quantitative estimate of drug-likeness (QED) is 0.373. The molecule has 0 saturated carbocycles. The summed E-state index contributed by atoms with van der Waals surface area (Å²) in [5, 5.41) is 25.4. The van der Waals surface area contributed by atoms with Crippen LogP contribution in [0.1, 0.15) is 20.7 Å². The molecule has 0 aliphatic rings. The Morgan fingerprint density at radius 1 is 0.958 bits per heavy atom. The molecule has 0 radical (unpaired) electrons. The lowest BCUT2D eigenvalue weighted by Gasteiger charge is -2.07. The van der Waals surface area contributed by atoms with Gasteiger partial charge in [-0.25, -0.2) is 9.59 Å². The molecule has 8 nitrogen and oxygen atoms in total. The van der Waals surface area contributed by atoms with E-state index in [0.29, 0.717) is 11.4 Å². The minimum absolute atomic E-state index is 0.00328. The Labute approximate surface area is 141 Å². The van der Waals surface area contributed by atoms with Crippen molar-refractivity contribution in [3.63, 3.8) is 0 Å². The number of nitrogens with zero attached hydrogens (tertiary/aromatic N) is 2. The molecule has 4 N–H and O–H groups in total. The maximum absolute atomic E-state index is 10.9. The third-order valence-electron chi connectivity index (χ3n) is 2.77. The van der Waals surface area contributed by atoms with Gasteiger partial charge in [0.05, 0.1) is 22.5 Å². The first kappa shape index (κ1) is 17.0. The van der Waals surface area contributed by atoms with E-state index in [0.717, 1.165) is 0 Å². The maximum Gasteiger partial charge on any atom is 0.335 e. The molecule has 0 aliphatic carbocycles. The molecular weight excluding hydrogens is 332 g/mol. The number of hydrogen-bond donors (Lipinski definition) is 4. The summed E-state index contributed by atoms with van der Waals surface area (Å²) in [5.41, 5.74) is 6.33. The number of carbonyl (C=O) groups is 2. The number of thiocarbonyl (C=S) groups is 1. The molecule has 2 aromatic carbocycles. The van der Waals surface area contributed by atoms with Crippen molar-refractivity contribution < 1.29 is 19.8 Å². The summed E-state index contributed by atoms with van der Waals surface area (Å²) in [4.78, 5) is 21.7. The molecule has 0 bridgehead atoms. The Kier molecular flexibility index (Phi) is 5.53. The Morgan fingerprint density at radius 3 is 2.25 bits per heavy atom. The molecule has 0 heterocycles. The van der Waals surface area contributed by atoms with Gasteiger partial charge in [-0.1, -0.05) is 12.1 Å². The molecule has 24 heavy (non-hydrogen) atoms. The summed E-state index contributed by atoms with van der Waals surface area (Å²) in [5.74, 6) is -2.10. The van der Waals surface area contributed by atoms with E-state index in [1.165, 1.54) is 24.3 Å². The first-order valence-electron chi connectivity index (χ1n) is 6.60. The molecule has 0 aliphatic heterocycles. The predicted octanol–water partition coefficient (Wildman–Crippen LogP) is 3.07. The number of anilines is 1. The Balaban J connectivity index is 1.96. The summed E-state index contributed by atoms with van der Waals surface area (Å²) in [6, 6.07) is 12.0. The van der Waals surface area contributed by atoms with Crippen LogP contribution in [-0.4, -0.2) is 27.3 Å². The van der Waals surface area contributed by atoms with E-state index in [1.54, 1.807) is 24.3 Å². The highest BCUT2D eigenvalue weighted by molar-refractivity contribution is 7.80. The van der Waals surface area contributed by atoms with Crippen LogP contribution in [0.5, 0.6) is 0 Å². The molecule has 0 atom stereocenters. The third kappa shape index (κ3) is 4.85. The lowest BCUT2D eigenvalue weighted by molar-refractivity contribution is 0.0686. The Bertz CT molecular complexity index is 823. The standard InChI is InChI=1S/C15H12N4O4S/c20-13(21)9-3-1-5-11(7-9)16-18-15(24)19-17-12-6-2-4-10(8-12)14(22)23/h1-8,16H,(H,18,24)(H,20,21)(H,22,23). The minimum Gasteiger partial charge on any atom is -0.478 e. The second-order valence-corrected chi connectivity index (χ2v) is 4.88. The van der Waals surface area contributed by atoms with Crippen molar-refractivity contribution in [2.45, 2.75) is 0 Å². The average molecular weight is 344 g/mol. The van der Waals surface area contributed by atoms with E-state index < -0.39 is 11.9 Å². The van der Waals surface area contributed by atoms with Gasteiger partial charge in [-0.3, -0.25) is 10.9 Å². The van der Waals surface area contributed by atoms with Crippen LogP contribution in [0.3, 0.4) is 0 Å². The first-order valence-corrected chi connectivity index (χ1v) is 7.01. The zero-order valence-corrected chi connectivity index (χ0v) is 12.9. The molecule has 0 unspecified atom stereocenters. The average Bonchev–Trinajstić information content (AvgIpc) is 2.58. The molecule has 9 heteroatoms. The van der Waals surface area contributed by atoms with Crippen LogP contribution in [0.25, 0.3) is 0 Å². The minimum atomic E-state index is -1.06. The van der Waals surface area contributed by atoms with Crippen LogP contribution in [0.4, 0.5) is 11.4 Å².